The number of nitrogens with zero attached hydrogens (tertiary/aromatic N) is 2. The lowest BCUT2D eigenvalue weighted by atomic mass is 10.2. The molecule has 2 fully saturated rings. The number of carbonyl (C=O) groups is 1. The van der Waals surface area contributed by atoms with E-state index in [2.05, 4.69) is 10.2 Å². The van der Waals surface area contributed by atoms with Crippen molar-refractivity contribution >= 4 is 17.9 Å². The van der Waals surface area contributed by atoms with Gasteiger partial charge in [0.25, 0.3) is 6.17 Å². The molecule has 0 aromatic heterocycles. The van der Waals surface area contributed by atoms with Gasteiger partial charge in [0, 0.05) is 6.54 Å². The highest BCUT2D eigenvalue weighted by atomic mass is 32.2. The van der Waals surface area contributed by atoms with Gasteiger partial charge in [-0.1, -0.05) is 0 Å². The van der Waals surface area contributed by atoms with Crippen molar-refractivity contribution in [2.75, 3.05) is 18.8 Å². The fourth-order valence-electron chi connectivity index (χ4n) is 2.19. The van der Waals surface area contributed by atoms with Gasteiger partial charge < -0.3 is 9.64 Å². The minimum atomic E-state index is -0.456. The van der Waals surface area contributed by atoms with Crippen molar-refractivity contribution in [1.29, 1.82) is 0 Å². The summed E-state index contributed by atoms with van der Waals surface area (Å²) in [4.78, 5) is 17.1. The maximum absolute atomic E-state index is 12.0. The lowest BCUT2D eigenvalue weighted by Crippen LogP contribution is -2.44. The zero-order valence-electron chi connectivity index (χ0n) is 11.0. The summed E-state index contributed by atoms with van der Waals surface area (Å²) in [6.45, 7) is 14.0. The first-order valence-electron chi connectivity index (χ1n) is 6.10. The smallest absolute Gasteiger partial charge is 0.410 e. The average molecular weight is 269 g/mol. The molecular weight excluding hydrogens is 250 g/mol. The molecule has 6 heteroatoms. The van der Waals surface area contributed by atoms with Gasteiger partial charge >= 0.3 is 6.09 Å². The molecular formula is C12H19N3O2S. The Morgan fingerprint density at radius 2 is 2.33 bits per heavy atom. The first kappa shape index (κ1) is 13.5. The number of likely N-dealkylation sites (tertiary alicyclic amines) is 1. The largest absolute Gasteiger partial charge is 0.444 e. The topological polar surface area (TPSA) is 45.9 Å². The maximum atomic E-state index is 12.0. The molecule has 0 aliphatic carbocycles. The summed E-state index contributed by atoms with van der Waals surface area (Å²) in [5, 5.41) is 3.32. The number of amides is 1. The van der Waals surface area contributed by atoms with Gasteiger partial charge in [0.2, 0.25) is 0 Å². The second-order valence-corrected chi connectivity index (χ2v) is 7.15. The molecule has 0 aromatic carbocycles. The lowest BCUT2D eigenvalue weighted by molar-refractivity contribution is 0.0289. The Bertz CT molecular complexity index is 388. The number of hydrogen-bond acceptors (Lipinski definition) is 4. The SMILES string of the molecule is [C-]#[N+][C@@H]1CSC2(CCN(C(=O)OC(C)(C)C)C2)N1. The van der Waals surface area contributed by atoms with Crippen LogP contribution in [0.5, 0.6) is 0 Å². The predicted octanol–water partition coefficient (Wildman–Crippen LogP) is 1.91. The van der Waals surface area contributed by atoms with Crippen molar-refractivity contribution in [3.05, 3.63) is 11.4 Å². The van der Waals surface area contributed by atoms with Crippen LogP contribution in [0.15, 0.2) is 0 Å². The second kappa shape index (κ2) is 4.63. The number of ether oxygens (including phenoxy) is 1. The highest BCUT2D eigenvalue weighted by molar-refractivity contribution is 8.01. The molecule has 2 rings (SSSR count). The normalized spacial score (nSPS) is 31.7. The molecule has 2 saturated heterocycles. The Balaban J connectivity index is 1.93. The molecule has 0 radical (unpaired) electrons. The van der Waals surface area contributed by atoms with Gasteiger partial charge in [-0.25, -0.2) is 16.7 Å². The summed E-state index contributed by atoms with van der Waals surface area (Å²) in [5.74, 6) is 0.797. The number of hydrogen-bond donors (Lipinski definition) is 1. The van der Waals surface area contributed by atoms with Gasteiger partial charge in [0.05, 0.1) is 17.2 Å². The van der Waals surface area contributed by atoms with Crippen molar-refractivity contribution in [2.24, 2.45) is 0 Å². The molecule has 18 heavy (non-hydrogen) atoms. The zero-order chi connectivity index (χ0) is 13.4. The molecule has 100 valence electrons. The van der Waals surface area contributed by atoms with Crippen molar-refractivity contribution in [3.63, 3.8) is 0 Å². The van der Waals surface area contributed by atoms with Crippen LogP contribution in [-0.4, -0.2) is 46.5 Å². The molecule has 2 aliphatic rings. The molecule has 0 saturated carbocycles. The van der Waals surface area contributed by atoms with Crippen LogP contribution in [0.2, 0.25) is 0 Å². The fourth-order valence-corrected chi connectivity index (χ4v) is 3.53. The second-order valence-electron chi connectivity index (χ2n) is 5.75. The fraction of sp³-hybridized carbons (Fsp3) is 0.833. The molecule has 1 amide bonds. The van der Waals surface area contributed by atoms with Crippen molar-refractivity contribution in [2.45, 2.75) is 43.8 Å². The van der Waals surface area contributed by atoms with Crippen molar-refractivity contribution < 1.29 is 9.53 Å². The van der Waals surface area contributed by atoms with Gasteiger partial charge in [-0.15, -0.1) is 11.8 Å². The van der Waals surface area contributed by atoms with E-state index in [1.807, 2.05) is 20.8 Å². The quantitative estimate of drug-likeness (QED) is 0.682. The summed E-state index contributed by atoms with van der Waals surface area (Å²) in [6.07, 6.45) is 0.504. The number of carbonyl (C=O) groups excluding carboxylic acids is 1. The third kappa shape index (κ3) is 2.90. The average Bonchev–Trinajstić information content (AvgIpc) is 2.84. The van der Waals surface area contributed by atoms with Crippen molar-refractivity contribution in [1.82, 2.24) is 10.2 Å². The van der Waals surface area contributed by atoms with E-state index in [9.17, 15) is 4.79 Å². The summed E-state index contributed by atoms with van der Waals surface area (Å²) < 4.78 is 5.37. The Kier molecular flexibility index (Phi) is 3.47. The molecule has 0 bridgehead atoms. The third-order valence-corrected chi connectivity index (χ3v) is 4.47. The minimum Gasteiger partial charge on any atom is -0.444 e. The van der Waals surface area contributed by atoms with Crippen LogP contribution >= 0.6 is 11.8 Å². The molecule has 1 N–H and O–H groups in total. The Labute approximate surface area is 112 Å². The van der Waals surface area contributed by atoms with Gasteiger partial charge in [-0.05, 0) is 27.2 Å². The van der Waals surface area contributed by atoms with Crippen LogP contribution in [0, 0.1) is 6.57 Å². The maximum Gasteiger partial charge on any atom is 0.410 e. The molecule has 2 heterocycles. The Morgan fingerprint density at radius 3 is 2.89 bits per heavy atom. The predicted molar refractivity (Wildman–Crippen MR) is 71.1 cm³/mol. The third-order valence-electron chi connectivity index (χ3n) is 2.99. The molecule has 1 unspecified atom stereocenters. The molecule has 5 nitrogen and oxygen atoms in total. The van der Waals surface area contributed by atoms with Crippen LogP contribution in [-0.2, 0) is 4.74 Å². The van der Waals surface area contributed by atoms with Crippen LogP contribution in [0.3, 0.4) is 0 Å². The highest BCUT2D eigenvalue weighted by Gasteiger charge is 2.48. The number of nitrogens with one attached hydrogen (secondary N) is 1. The molecule has 2 aliphatic heterocycles. The number of thioether (sulfide) groups is 1. The Hall–Kier alpha value is -0.930. The van der Waals surface area contributed by atoms with E-state index in [1.165, 1.54) is 0 Å². The van der Waals surface area contributed by atoms with Crippen LogP contribution in [0.25, 0.3) is 4.85 Å². The molecule has 1 spiro atoms. The first-order valence-corrected chi connectivity index (χ1v) is 7.08. The van der Waals surface area contributed by atoms with E-state index in [4.69, 9.17) is 11.3 Å². The van der Waals surface area contributed by atoms with Crippen molar-refractivity contribution in [3.8, 4) is 0 Å². The van der Waals surface area contributed by atoms with Gasteiger partial charge in [-0.3, -0.25) is 4.85 Å². The minimum absolute atomic E-state index is 0.117. The van der Waals surface area contributed by atoms with Gasteiger partial charge in [0.15, 0.2) is 0 Å². The van der Waals surface area contributed by atoms with E-state index in [0.29, 0.717) is 13.1 Å². The van der Waals surface area contributed by atoms with Gasteiger partial charge in [0.1, 0.15) is 5.60 Å². The summed E-state index contributed by atoms with van der Waals surface area (Å²) >= 11 is 1.75. The van der Waals surface area contributed by atoms with Crippen LogP contribution in [0.1, 0.15) is 27.2 Å². The van der Waals surface area contributed by atoms with Crippen LogP contribution < -0.4 is 5.32 Å². The summed E-state index contributed by atoms with van der Waals surface area (Å²) in [7, 11) is 0. The first-order chi connectivity index (χ1) is 8.34. The number of rotatable bonds is 0. The summed E-state index contributed by atoms with van der Waals surface area (Å²) in [6, 6.07) is 0. The summed E-state index contributed by atoms with van der Waals surface area (Å²) in [5.41, 5.74) is -0.456. The van der Waals surface area contributed by atoms with E-state index in [-0.39, 0.29) is 17.1 Å². The molecule has 0 aromatic rings. The zero-order valence-corrected chi connectivity index (χ0v) is 11.8. The standard InChI is InChI=1S/C12H19N3O2S/c1-11(2,3)17-10(16)15-6-5-12(8-15)14-9(13-4)7-18-12/h9,14H,5-8H2,1-3H3/t9-,12?/m0/s1. The van der Waals surface area contributed by atoms with E-state index in [1.54, 1.807) is 16.7 Å². The van der Waals surface area contributed by atoms with E-state index < -0.39 is 5.60 Å². The monoisotopic (exact) mass is 269 g/mol. The Morgan fingerprint density at radius 1 is 1.61 bits per heavy atom. The molecule has 2 atom stereocenters. The van der Waals surface area contributed by atoms with E-state index >= 15 is 0 Å². The van der Waals surface area contributed by atoms with Crippen LogP contribution in [0.4, 0.5) is 4.79 Å². The van der Waals surface area contributed by atoms with Gasteiger partial charge in [-0.2, -0.15) is 0 Å². The van der Waals surface area contributed by atoms with E-state index in [0.717, 1.165) is 12.2 Å². The lowest BCUT2D eigenvalue weighted by Gasteiger charge is -2.26. The highest BCUT2D eigenvalue weighted by Crippen LogP contribution is 2.38.